The molecule has 0 spiro atoms. The molecule has 2 aromatic heterocycles. The van der Waals surface area contributed by atoms with E-state index in [1.165, 1.54) is 11.1 Å². The number of hydrogen-bond donors (Lipinski definition) is 1. The predicted molar refractivity (Wildman–Crippen MR) is 94.7 cm³/mol. The lowest BCUT2D eigenvalue weighted by Crippen LogP contribution is -1.91. The van der Waals surface area contributed by atoms with E-state index in [2.05, 4.69) is 40.9 Å². The minimum atomic E-state index is 0.746. The highest BCUT2D eigenvalue weighted by atomic mass is 32.2. The van der Waals surface area contributed by atoms with E-state index in [0.717, 1.165) is 38.7 Å². The lowest BCUT2D eigenvalue weighted by Gasteiger charge is -2.00. The van der Waals surface area contributed by atoms with Crippen LogP contribution in [0, 0.1) is 13.8 Å². The summed E-state index contributed by atoms with van der Waals surface area (Å²) in [5.74, 6) is 0.746. The van der Waals surface area contributed by atoms with Gasteiger partial charge in [0.2, 0.25) is 0 Å². The van der Waals surface area contributed by atoms with Crippen LogP contribution in [0.4, 0.5) is 0 Å². The summed E-state index contributed by atoms with van der Waals surface area (Å²) in [5, 5.41) is 0.920. The van der Waals surface area contributed by atoms with Gasteiger partial charge in [0.05, 0.1) is 27.8 Å². The zero-order valence-corrected chi connectivity index (χ0v) is 13.8. The van der Waals surface area contributed by atoms with E-state index >= 15 is 0 Å². The van der Waals surface area contributed by atoms with Crippen molar-refractivity contribution in [2.24, 2.45) is 0 Å². The summed E-state index contributed by atoms with van der Waals surface area (Å²) in [4.78, 5) is 17.2. The fraction of sp³-hybridized carbons (Fsp3) is 0.167. The lowest BCUT2D eigenvalue weighted by atomic mass is 10.1. The molecule has 0 amide bonds. The fourth-order valence-electron chi connectivity index (χ4n) is 2.57. The highest BCUT2D eigenvalue weighted by Gasteiger charge is 2.08. The molecule has 4 nitrogen and oxygen atoms in total. The number of aromatic nitrogens is 4. The molecular formula is C18H16N4S. The van der Waals surface area contributed by atoms with Gasteiger partial charge in [0, 0.05) is 11.9 Å². The van der Waals surface area contributed by atoms with Gasteiger partial charge < -0.3 is 4.98 Å². The van der Waals surface area contributed by atoms with Crippen LogP contribution in [0.25, 0.3) is 22.1 Å². The van der Waals surface area contributed by atoms with Gasteiger partial charge in [-0.1, -0.05) is 30.0 Å². The second kappa shape index (κ2) is 5.66. The molecular weight excluding hydrogens is 304 g/mol. The van der Waals surface area contributed by atoms with Crippen molar-refractivity contribution in [2.75, 3.05) is 0 Å². The Kier molecular flexibility index (Phi) is 3.50. The first-order chi connectivity index (χ1) is 11.2. The quantitative estimate of drug-likeness (QED) is 0.568. The number of benzene rings is 2. The highest BCUT2D eigenvalue weighted by molar-refractivity contribution is 7.98. The van der Waals surface area contributed by atoms with Crippen molar-refractivity contribution in [1.82, 2.24) is 19.9 Å². The smallest absolute Gasteiger partial charge is 0.166 e. The third-order valence-electron chi connectivity index (χ3n) is 4.01. The van der Waals surface area contributed by atoms with Crippen molar-refractivity contribution in [3.05, 3.63) is 59.4 Å². The summed E-state index contributed by atoms with van der Waals surface area (Å²) < 4.78 is 0. The molecule has 5 heteroatoms. The number of aromatic amines is 1. The Bertz CT molecular complexity index is 1010. The van der Waals surface area contributed by atoms with E-state index < -0.39 is 0 Å². The van der Waals surface area contributed by atoms with Gasteiger partial charge in [-0.3, -0.25) is 4.98 Å². The number of fused-ring (bicyclic) bond motifs is 2. The molecule has 114 valence electrons. The summed E-state index contributed by atoms with van der Waals surface area (Å²) in [7, 11) is 0. The number of H-pyrrole nitrogens is 1. The van der Waals surface area contributed by atoms with Crippen LogP contribution in [-0.2, 0) is 5.75 Å². The third kappa shape index (κ3) is 2.68. The van der Waals surface area contributed by atoms with E-state index in [9.17, 15) is 0 Å². The van der Waals surface area contributed by atoms with Gasteiger partial charge in [-0.15, -0.1) is 0 Å². The van der Waals surface area contributed by atoms with Crippen LogP contribution in [0.5, 0.6) is 0 Å². The molecule has 0 bridgehead atoms. The molecule has 4 aromatic rings. The van der Waals surface area contributed by atoms with Crippen molar-refractivity contribution in [3.8, 4) is 0 Å². The van der Waals surface area contributed by atoms with Crippen LogP contribution >= 0.6 is 11.8 Å². The van der Waals surface area contributed by atoms with Gasteiger partial charge in [-0.2, -0.15) is 0 Å². The topological polar surface area (TPSA) is 54.5 Å². The molecule has 0 aliphatic heterocycles. The summed E-state index contributed by atoms with van der Waals surface area (Å²) >= 11 is 1.65. The van der Waals surface area contributed by atoms with Gasteiger partial charge in [-0.05, 0) is 43.2 Å². The Balaban J connectivity index is 1.59. The van der Waals surface area contributed by atoms with Crippen molar-refractivity contribution >= 4 is 33.8 Å². The minimum Gasteiger partial charge on any atom is -0.333 e. The van der Waals surface area contributed by atoms with Crippen LogP contribution in [0.1, 0.15) is 16.8 Å². The summed E-state index contributed by atoms with van der Waals surface area (Å²) in [6, 6.07) is 12.1. The van der Waals surface area contributed by atoms with Crippen molar-refractivity contribution in [3.63, 3.8) is 0 Å². The Morgan fingerprint density at radius 2 is 1.83 bits per heavy atom. The maximum absolute atomic E-state index is 4.71. The molecule has 0 atom stereocenters. The largest absolute Gasteiger partial charge is 0.333 e. The molecule has 0 saturated carbocycles. The maximum atomic E-state index is 4.71. The summed E-state index contributed by atoms with van der Waals surface area (Å²) in [6.07, 6.45) is 1.84. The van der Waals surface area contributed by atoms with E-state index in [1.807, 2.05) is 30.5 Å². The number of imidazole rings is 1. The van der Waals surface area contributed by atoms with E-state index in [4.69, 9.17) is 4.98 Å². The second-order valence-electron chi connectivity index (χ2n) is 5.58. The van der Waals surface area contributed by atoms with E-state index in [0.29, 0.717) is 0 Å². The number of nitrogens with zero attached hydrogens (tertiary/aromatic N) is 3. The predicted octanol–water partition coefficient (Wildman–Crippen LogP) is 4.42. The van der Waals surface area contributed by atoms with Crippen molar-refractivity contribution in [2.45, 2.75) is 24.8 Å². The molecule has 0 radical (unpaired) electrons. The second-order valence-corrected chi connectivity index (χ2v) is 6.55. The molecule has 0 aliphatic carbocycles. The normalized spacial score (nSPS) is 11.4. The maximum Gasteiger partial charge on any atom is 0.166 e. The van der Waals surface area contributed by atoms with E-state index in [-0.39, 0.29) is 0 Å². The Morgan fingerprint density at radius 1 is 1.00 bits per heavy atom. The Hall–Kier alpha value is -2.40. The highest BCUT2D eigenvalue weighted by Crippen LogP contribution is 2.25. The Labute approximate surface area is 138 Å². The molecule has 1 N–H and O–H groups in total. The van der Waals surface area contributed by atoms with Gasteiger partial charge in [-0.25, -0.2) is 9.97 Å². The first-order valence-corrected chi connectivity index (χ1v) is 8.48. The van der Waals surface area contributed by atoms with Crippen molar-refractivity contribution < 1.29 is 0 Å². The molecule has 0 fully saturated rings. The Morgan fingerprint density at radius 3 is 2.70 bits per heavy atom. The molecule has 2 heterocycles. The van der Waals surface area contributed by atoms with Gasteiger partial charge in [0.15, 0.2) is 5.16 Å². The first kappa shape index (κ1) is 14.2. The van der Waals surface area contributed by atoms with Gasteiger partial charge in [0.1, 0.15) is 0 Å². The third-order valence-corrected chi connectivity index (χ3v) is 4.92. The zero-order valence-electron chi connectivity index (χ0n) is 13.0. The number of hydrogen-bond acceptors (Lipinski definition) is 4. The van der Waals surface area contributed by atoms with Gasteiger partial charge >= 0.3 is 0 Å². The van der Waals surface area contributed by atoms with Gasteiger partial charge in [0.25, 0.3) is 0 Å². The lowest BCUT2D eigenvalue weighted by molar-refractivity contribution is 1.07. The summed E-state index contributed by atoms with van der Waals surface area (Å²) in [5.41, 5.74) is 7.45. The first-order valence-electron chi connectivity index (χ1n) is 7.50. The van der Waals surface area contributed by atoms with E-state index in [1.54, 1.807) is 11.8 Å². The summed E-state index contributed by atoms with van der Waals surface area (Å²) in [6.45, 7) is 4.22. The SMILES string of the molecule is Cc1ccc2[nH]c(SCc3cnc4ccccc4n3)nc2c1C. The zero-order chi connectivity index (χ0) is 15.8. The minimum absolute atomic E-state index is 0.746. The molecule has 0 saturated heterocycles. The average Bonchev–Trinajstić information content (AvgIpc) is 3.00. The van der Waals surface area contributed by atoms with Crippen LogP contribution < -0.4 is 0 Å². The number of nitrogens with one attached hydrogen (secondary N) is 1. The van der Waals surface area contributed by atoms with Crippen LogP contribution in [0.15, 0.2) is 47.8 Å². The van der Waals surface area contributed by atoms with Crippen molar-refractivity contribution in [1.29, 1.82) is 0 Å². The van der Waals surface area contributed by atoms with Crippen LogP contribution in [0.3, 0.4) is 0 Å². The molecule has 0 unspecified atom stereocenters. The number of thioether (sulfide) groups is 1. The molecule has 0 aliphatic rings. The van der Waals surface area contributed by atoms with Crippen LogP contribution in [0.2, 0.25) is 0 Å². The molecule has 4 rings (SSSR count). The fourth-order valence-corrected chi connectivity index (χ4v) is 3.33. The van der Waals surface area contributed by atoms with Crippen LogP contribution in [-0.4, -0.2) is 19.9 Å². The number of para-hydroxylation sites is 2. The monoisotopic (exact) mass is 320 g/mol. The molecule has 23 heavy (non-hydrogen) atoms. The number of rotatable bonds is 3. The average molecular weight is 320 g/mol. The number of aryl methyl sites for hydroxylation is 2. The standard InChI is InChI=1S/C18H16N4S/c1-11-7-8-16-17(12(11)2)22-18(21-16)23-10-13-9-19-14-5-3-4-6-15(14)20-13/h3-9H,10H2,1-2H3,(H,21,22). The molecule has 2 aromatic carbocycles.